The number of rotatable bonds is 6. The van der Waals surface area contributed by atoms with Crippen LogP contribution in [0.3, 0.4) is 0 Å². The van der Waals surface area contributed by atoms with Crippen LogP contribution in [0.4, 0.5) is 0 Å². The van der Waals surface area contributed by atoms with Crippen LogP contribution in [0.5, 0.6) is 0 Å². The Kier molecular flexibility index (Phi) is 3.97. The molecule has 0 amide bonds. The highest BCUT2D eigenvalue weighted by molar-refractivity contribution is 5.25. The summed E-state index contributed by atoms with van der Waals surface area (Å²) in [4.78, 5) is 2.43. The number of nitrogens with one attached hydrogen (secondary N) is 1. The Morgan fingerprint density at radius 2 is 2.06 bits per heavy atom. The van der Waals surface area contributed by atoms with Crippen molar-refractivity contribution in [3.63, 3.8) is 0 Å². The van der Waals surface area contributed by atoms with Crippen LogP contribution < -0.4 is 5.32 Å². The lowest BCUT2D eigenvalue weighted by Gasteiger charge is -2.16. The molecule has 0 aliphatic heterocycles. The monoisotopic (exact) mass is 218 g/mol. The molecule has 1 aromatic carbocycles. The fraction of sp³-hybridized carbons (Fsp3) is 0.571. The van der Waals surface area contributed by atoms with Crippen molar-refractivity contribution in [2.45, 2.75) is 12.3 Å². The van der Waals surface area contributed by atoms with Gasteiger partial charge in [-0.05, 0) is 37.9 Å². The van der Waals surface area contributed by atoms with Crippen molar-refractivity contribution in [2.75, 3.05) is 33.7 Å². The molecule has 0 saturated heterocycles. The Morgan fingerprint density at radius 3 is 2.75 bits per heavy atom. The van der Waals surface area contributed by atoms with Gasteiger partial charge in [0.05, 0.1) is 0 Å². The van der Waals surface area contributed by atoms with Gasteiger partial charge < -0.3 is 10.2 Å². The summed E-state index contributed by atoms with van der Waals surface area (Å²) in [5.74, 6) is 1.70. The average molecular weight is 218 g/mol. The Balaban J connectivity index is 1.75. The first-order chi connectivity index (χ1) is 7.81. The summed E-state index contributed by atoms with van der Waals surface area (Å²) in [6, 6.07) is 10.9. The third-order valence-electron chi connectivity index (χ3n) is 3.44. The molecule has 16 heavy (non-hydrogen) atoms. The second-order valence-electron chi connectivity index (χ2n) is 4.88. The smallest absolute Gasteiger partial charge is 0.0104 e. The van der Waals surface area contributed by atoms with Gasteiger partial charge in [-0.2, -0.15) is 0 Å². The summed E-state index contributed by atoms with van der Waals surface area (Å²) in [5.41, 5.74) is 1.52. The predicted molar refractivity (Wildman–Crippen MR) is 68.7 cm³/mol. The van der Waals surface area contributed by atoms with Gasteiger partial charge in [-0.3, -0.25) is 0 Å². The van der Waals surface area contributed by atoms with Gasteiger partial charge in [0.15, 0.2) is 0 Å². The van der Waals surface area contributed by atoms with Crippen LogP contribution >= 0.6 is 0 Å². The van der Waals surface area contributed by atoms with E-state index in [2.05, 4.69) is 47.6 Å². The zero-order valence-corrected chi connectivity index (χ0v) is 10.3. The maximum Gasteiger partial charge on any atom is 0.0104 e. The van der Waals surface area contributed by atoms with E-state index in [9.17, 15) is 0 Å². The van der Waals surface area contributed by atoms with E-state index in [-0.39, 0.29) is 0 Å². The van der Waals surface area contributed by atoms with E-state index in [1.165, 1.54) is 18.5 Å². The van der Waals surface area contributed by atoms with Crippen LogP contribution in [0.2, 0.25) is 0 Å². The minimum absolute atomic E-state index is 0.818. The van der Waals surface area contributed by atoms with Gasteiger partial charge in [-0.25, -0.2) is 0 Å². The van der Waals surface area contributed by atoms with Gasteiger partial charge >= 0.3 is 0 Å². The second-order valence-corrected chi connectivity index (χ2v) is 4.88. The van der Waals surface area contributed by atoms with Crippen LogP contribution in [0.1, 0.15) is 17.9 Å². The average Bonchev–Trinajstić information content (AvgIpc) is 3.07. The molecular weight excluding hydrogens is 196 g/mol. The number of hydrogen-bond acceptors (Lipinski definition) is 2. The Labute approximate surface area is 98.7 Å². The molecule has 0 bridgehead atoms. The van der Waals surface area contributed by atoms with Crippen LogP contribution in [-0.2, 0) is 0 Å². The summed E-state index contributed by atoms with van der Waals surface area (Å²) >= 11 is 0. The second kappa shape index (κ2) is 5.46. The van der Waals surface area contributed by atoms with Crippen molar-refractivity contribution >= 4 is 0 Å². The number of hydrogen-bond donors (Lipinski definition) is 1. The van der Waals surface area contributed by atoms with Gasteiger partial charge in [0.2, 0.25) is 0 Å². The molecule has 2 rings (SSSR count). The number of benzene rings is 1. The molecule has 0 spiro atoms. The van der Waals surface area contributed by atoms with Crippen LogP contribution in [0.25, 0.3) is 0 Å². The fourth-order valence-corrected chi connectivity index (χ4v) is 2.35. The summed E-state index contributed by atoms with van der Waals surface area (Å²) in [6.07, 6.45) is 1.37. The first kappa shape index (κ1) is 11.6. The molecule has 2 nitrogen and oxygen atoms in total. The molecule has 2 heteroatoms. The minimum Gasteiger partial charge on any atom is -0.318 e. The standard InChI is InChI=1S/C14H22N2/c1-15-8-9-16(2)11-13-10-14(13)12-6-4-3-5-7-12/h3-7,13-15H,8-11H2,1-2H3. The van der Waals surface area contributed by atoms with Crippen molar-refractivity contribution in [3.8, 4) is 0 Å². The zero-order valence-electron chi connectivity index (χ0n) is 10.3. The lowest BCUT2D eigenvalue weighted by Crippen LogP contribution is -2.29. The van der Waals surface area contributed by atoms with E-state index in [1.54, 1.807) is 0 Å². The summed E-state index contributed by atoms with van der Waals surface area (Å²) in [6.45, 7) is 3.47. The predicted octanol–water partition coefficient (Wildman–Crippen LogP) is 1.94. The summed E-state index contributed by atoms with van der Waals surface area (Å²) in [5, 5.41) is 3.19. The maximum atomic E-state index is 3.19. The van der Waals surface area contributed by atoms with Gasteiger partial charge in [0, 0.05) is 19.6 Å². The highest BCUT2D eigenvalue weighted by atomic mass is 15.1. The molecule has 0 radical (unpaired) electrons. The van der Waals surface area contributed by atoms with Crippen LogP contribution in [0, 0.1) is 5.92 Å². The molecule has 0 aromatic heterocycles. The third kappa shape index (κ3) is 3.06. The van der Waals surface area contributed by atoms with E-state index < -0.39 is 0 Å². The largest absolute Gasteiger partial charge is 0.318 e. The Bertz CT molecular complexity index is 310. The molecule has 2 atom stereocenters. The lowest BCUT2D eigenvalue weighted by molar-refractivity contribution is 0.319. The summed E-state index contributed by atoms with van der Waals surface area (Å²) in [7, 11) is 4.23. The van der Waals surface area contributed by atoms with E-state index in [1.807, 2.05) is 7.05 Å². The van der Waals surface area contributed by atoms with Crippen molar-refractivity contribution in [3.05, 3.63) is 35.9 Å². The van der Waals surface area contributed by atoms with E-state index >= 15 is 0 Å². The molecular formula is C14H22N2. The van der Waals surface area contributed by atoms with E-state index in [0.717, 1.165) is 24.9 Å². The van der Waals surface area contributed by atoms with Crippen LogP contribution in [0.15, 0.2) is 30.3 Å². The highest BCUT2D eigenvalue weighted by Crippen LogP contribution is 2.47. The molecule has 1 aliphatic rings. The zero-order chi connectivity index (χ0) is 11.4. The first-order valence-corrected chi connectivity index (χ1v) is 6.19. The number of nitrogens with zero attached hydrogens (tertiary/aromatic N) is 1. The lowest BCUT2D eigenvalue weighted by atomic mass is 10.1. The molecule has 1 fully saturated rings. The van der Waals surface area contributed by atoms with E-state index in [0.29, 0.717) is 0 Å². The van der Waals surface area contributed by atoms with Gasteiger partial charge in [0.25, 0.3) is 0 Å². The Hall–Kier alpha value is -0.860. The molecule has 1 saturated carbocycles. The highest BCUT2D eigenvalue weighted by Gasteiger charge is 2.38. The van der Waals surface area contributed by atoms with Crippen molar-refractivity contribution in [1.82, 2.24) is 10.2 Å². The minimum atomic E-state index is 0.818. The quantitative estimate of drug-likeness (QED) is 0.785. The van der Waals surface area contributed by atoms with Crippen molar-refractivity contribution in [1.29, 1.82) is 0 Å². The Morgan fingerprint density at radius 1 is 1.31 bits per heavy atom. The SMILES string of the molecule is CNCCN(C)CC1CC1c1ccccc1. The third-order valence-corrected chi connectivity index (χ3v) is 3.44. The molecule has 2 unspecified atom stereocenters. The molecule has 1 aromatic rings. The first-order valence-electron chi connectivity index (χ1n) is 6.19. The van der Waals surface area contributed by atoms with Gasteiger partial charge in [-0.15, -0.1) is 0 Å². The molecule has 1 N–H and O–H groups in total. The van der Waals surface area contributed by atoms with E-state index in [4.69, 9.17) is 0 Å². The maximum absolute atomic E-state index is 3.19. The van der Waals surface area contributed by atoms with Crippen LogP contribution in [-0.4, -0.2) is 38.6 Å². The summed E-state index contributed by atoms with van der Waals surface area (Å²) < 4.78 is 0. The van der Waals surface area contributed by atoms with Crippen molar-refractivity contribution < 1.29 is 0 Å². The van der Waals surface area contributed by atoms with Gasteiger partial charge in [-0.1, -0.05) is 30.3 Å². The number of likely N-dealkylation sites (N-methyl/N-ethyl adjacent to an activating group) is 2. The normalized spacial score (nSPS) is 23.7. The molecule has 0 heterocycles. The molecule has 88 valence electrons. The topological polar surface area (TPSA) is 15.3 Å². The molecule has 1 aliphatic carbocycles. The van der Waals surface area contributed by atoms with Crippen molar-refractivity contribution in [2.24, 2.45) is 5.92 Å². The van der Waals surface area contributed by atoms with Gasteiger partial charge in [0.1, 0.15) is 0 Å². The fourth-order valence-electron chi connectivity index (χ4n) is 2.35.